The Hall–Kier alpha value is -4.58. The zero-order valence-corrected chi connectivity index (χ0v) is 20.7. The van der Waals surface area contributed by atoms with Crippen LogP contribution in [0.25, 0.3) is 11.1 Å². The van der Waals surface area contributed by atoms with Crippen molar-refractivity contribution in [1.82, 2.24) is 0 Å². The van der Waals surface area contributed by atoms with Crippen molar-refractivity contribution in [3.63, 3.8) is 0 Å². The number of benzene rings is 4. The average molecular weight is 506 g/mol. The number of nitrogen functional groups attached to an aromatic ring is 1. The molecular weight excluding hydrogens is 478 g/mol. The van der Waals surface area contributed by atoms with Gasteiger partial charge in [-0.05, 0) is 63.4 Å². The number of carbonyl (C=O) groups excluding carboxylic acids is 1. The fourth-order valence-corrected chi connectivity index (χ4v) is 5.89. The summed E-state index contributed by atoms with van der Waals surface area (Å²) < 4.78 is 11.5. The number of anilines is 1. The van der Waals surface area contributed by atoms with Gasteiger partial charge in [0.05, 0.1) is 5.69 Å². The van der Waals surface area contributed by atoms with Crippen LogP contribution in [-0.2, 0) is 27.2 Å². The van der Waals surface area contributed by atoms with Gasteiger partial charge in [0, 0.05) is 5.92 Å². The van der Waals surface area contributed by atoms with Crippen LogP contribution in [0.1, 0.15) is 45.2 Å². The van der Waals surface area contributed by atoms with Crippen LogP contribution in [0.5, 0.6) is 5.75 Å². The smallest absolute Gasteiger partial charge is 0.341 e. The Balaban J connectivity index is 1.34. The first-order valence-electron chi connectivity index (χ1n) is 12.7. The summed E-state index contributed by atoms with van der Waals surface area (Å²) in [4.78, 5) is 24.9. The number of aliphatic carboxylic acids is 1. The molecule has 6 heteroatoms. The maximum absolute atomic E-state index is 13.9. The second kappa shape index (κ2) is 9.71. The van der Waals surface area contributed by atoms with E-state index in [4.69, 9.17) is 20.3 Å². The molecule has 0 spiro atoms. The maximum atomic E-state index is 13.9. The fraction of sp³-hybridized carbons (Fsp3) is 0.188. The van der Waals surface area contributed by atoms with E-state index in [0.717, 1.165) is 33.4 Å². The van der Waals surface area contributed by atoms with Gasteiger partial charge in [0.25, 0.3) is 0 Å². The highest BCUT2D eigenvalue weighted by molar-refractivity contribution is 5.86. The van der Waals surface area contributed by atoms with Gasteiger partial charge in [-0.1, -0.05) is 78.9 Å². The van der Waals surface area contributed by atoms with Crippen LogP contribution in [0.2, 0.25) is 0 Å². The Morgan fingerprint density at radius 1 is 0.789 bits per heavy atom. The molecule has 2 aliphatic rings. The van der Waals surface area contributed by atoms with Crippen molar-refractivity contribution >= 4 is 17.6 Å². The van der Waals surface area contributed by atoms with Crippen molar-refractivity contribution in [3.05, 3.63) is 118 Å². The predicted molar refractivity (Wildman–Crippen MR) is 144 cm³/mol. The zero-order chi connectivity index (χ0) is 26.2. The van der Waals surface area contributed by atoms with Gasteiger partial charge in [-0.15, -0.1) is 0 Å². The first kappa shape index (κ1) is 23.8. The summed E-state index contributed by atoms with van der Waals surface area (Å²) in [6.45, 7) is -0.255. The lowest BCUT2D eigenvalue weighted by Crippen LogP contribution is -2.21. The van der Waals surface area contributed by atoms with Crippen molar-refractivity contribution in [1.29, 1.82) is 0 Å². The number of hydrogen-bond acceptors (Lipinski definition) is 5. The molecule has 6 nitrogen and oxygen atoms in total. The molecule has 0 radical (unpaired) electrons. The number of carboxylic acid groups (broad SMARTS) is 1. The Kier molecular flexibility index (Phi) is 6.08. The molecular formula is C32H27NO5. The van der Waals surface area contributed by atoms with E-state index in [2.05, 4.69) is 24.3 Å². The van der Waals surface area contributed by atoms with Crippen LogP contribution in [-0.4, -0.2) is 30.3 Å². The minimum absolute atomic E-state index is 0.0382. The molecule has 1 atom stereocenters. The van der Waals surface area contributed by atoms with Crippen LogP contribution >= 0.6 is 0 Å². The van der Waals surface area contributed by atoms with E-state index in [1.807, 2.05) is 54.6 Å². The lowest BCUT2D eigenvalue weighted by Gasteiger charge is -2.22. The van der Waals surface area contributed by atoms with E-state index in [1.54, 1.807) is 6.07 Å². The molecule has 4 aromatic rings. The predicted octanol–water partition coefficient (Wildman–Crippen LogP) is 5.32. The molecule has 1 unspecified atom stereocenters. The number of nitrogens with two attached hydrogens (primary N) is 1. The third-order valence-corrected chi connectivity index (χ3v) is 7.62. The number of carbonyl (C=O) groups is 2. The van der Waals surface area contributed by atoms with Gasteiger partial charge < -0.3 is 20.3 Å². The topological polar surface area (TPSA) is 98.9 Å². The summed E-state index contributed by atoms with van der Waals surface area (Å²) >= 11 is 0. The van der Waals surface area contributed by atoms with Gasteiger partial charge >= 0.3 is 11.9 Å². The van der Waals surface area contributed by atoms with Crippen molar-refractivity contribution in [3.8, 4) is 16.9 Å². The molecule has 4 aromatic carbocycles. The Morgan fingerprint density at radius 3 is 2.11 bits per heavy atom. The summed E-state index contributed by atoms with van der Waals surface area (Å²) in [7, 11) is 0. The number of aryl methyl sites for hydroxylation is 1. The first-order chi connectivity index (χ1) is 18.5. The van der Waals surface area contributed by atoms with Gasteiger partial charge in [0.15, 0.2) is 6.61 Å². The lowest BCUT2D eigenvalue weighted by molar-refractivity contribution is -0.144. The van der Waals surface area contributed by atoms with E-state index in [-0.39, 0.29) is 18.5 Å². The summed E-state index contributed by atoms with van der Waals surface area (Å²) in [5.41, 5.74) is 15.0. The highest BCUT2D eigenvalue weighted by Crippen LogP contribution is 2.45. The molecule has 38 heavy (non-hydrogen) atoms. The molecule has 0 bridgehead atoms. The third-order valence-electron chi connectivity index (χ3n) is 7.62. The average Bonchev–Trinajstić information content (AvgIpc) is 3.14. The largest absolute Gasteiger partial charge is 0.480 e. The minimum atomic E-state index is -1.08. The van der Waals surface area contributed by atoms with Crippen molar-refractivity contribution < 1.29 is 24.2 Å². The molecule has 0 amide bonds. The molecule has 190 valence electrons. The summed E-state index contributed by atoms with van der Waals surface area (Å²) in [6.07, 6.45) is 1.30. The Morgan fingerprint density at radius 2 is 1.42 bits per heavy atom. The Labute approximate surface area is 220 Å². The molecule has 0 fully saturated rings. The van der Waals surface area contributed by atoms with Crippen molar-refractivity contribution in [2.75, 3.05) is 18.9 Å². The van der Waals surface area contributed by atoms with Gasteiger partial charge in [-0.3, -0.25) is 4.79 Å². The van der Waals surface area contributed by atoms with Crippen LogP contribution in [0.15, 0.2) is 84.9 Å². The normalized spacial score (nSPS) is 15.4. The third kappa shape index (κ3) is 4.08. The SMILES string of the molecule is Nc1c(OCC(=O)O)ccc2c1CCc1ccccc1C2C(=O)OCC1c2ccccc2-c2ccccc21. The van der Waals surface area contributed by atoms with Crippen LogP contribution < -0.4 is 10.5 Å². The van der Waals surface area contributed by atoms with E-state index >= 15 is 0 Å². The molecule has 0 aromatic heterocycles. The number of fused-ring (bicyclic) bond motifs is 5. The zero-order valence-electron chi connectivity index (χ0n) is 20.7. The van der Waals surface area contributed by atoms with E-state index < -0.39 is 18.5 Å². The summed E-state index contributed by atoms with van der Waals surface area (Å²) in [5.74, 6) is -1.79. The van der Waals surface area contributed by atoms with Gasteiger partial charge in [0.1, 0.15) is 18.3 Å². The highest BCUT2D eigenvalue weighted by atomic mass is 16.5. The Bertz CT molecular complexity index is 1510. The number of esters is 1. The second-order valence-corrected chi connectivity index (χ2v) is 9.72. The van der Waals surface area contributed by atoms with E-state index in [0.29, 0.717) is 24.3 Å². The van der Waals surface area contributed by atoms with E-state index in [9.17, 15) is 9.59 Å². The monoisotopic (exact) mass is 505 g/mol. The van der Waals surface area contributed by atoms with Gasteiger partial charge in [-0.2, -0.15) is 0 Å². The first-order valence-corrected chi connectivity index (χ1v) is 12.7. The van der Waals surface area contributed by atoms with Gasteiger partial charge in [0.2, 0.25) is 0 Å². The van der Waals surface area contributed by atoms with Crippen molar-refractivity contribution in [2.24, 2.45) is 0 Å². The van der Waals surface area contributed by atoms with Crippen molar-refractivity contribution in [2.45, 2.75) is 24.7 Å². The maximum Gasteiger partial charge on any atom is 0.341 e. The standard InChI is InChI=1S/C32H27NO5/c33-31-26-14-13-19-7-1-2-8-20(19)30(25(26)15-16-28(31)37-18-29(34)35)32(36)38-17-27-23-11-5-3-9-21(23)22-10-4-6-12-24(22)27/h1-12,15-16,27,30H,13-14,17-18,33H2,(H,34,35). The fourth-order valence-electron chi connectivity index (χ4n) is 5.89. The number of hydrogen-bond donors (Lipinski definition) is 2. The highest BCUT2D eigenvalue weighted by Gasteiger charge is 2.34. The lowest BCUT2D eigenvalue weighted by atomic mass is 9.87. The van der Waals surface area contributed by atoms with Crippen LogP contribution in [0.4, 0.5) is 5.69 Å². The molecule has 0 aliphatic heterocycles. The molecule has 0 heterocycles. The molecule has 3 N–H and O–H groups in total. The second-order valence-electron chi connectivity index (χ2n) is 9.72. The van der Waals surface area contributed by atoms with Crippen LogP contribution in [0, 0.1) is 0 Å². The van der Waals surface area contributed by atoms with E-state index in [1.165, 1.54) is 11.1 Å². The number of rotatable bonds is 6. The molecule has 6 rings (SSSR count). The number of carboxylic acids is 1. The quantitative estimate of drug-likeness (QED) is 0.272. The summed E-state index contributed by atoms with van der Waals surface area (Å²) in [5, 5.41) is 9.03. The molecule has 2 aliphatic carbocycles. The molecule has 0 saturated heterocycles. The van der Waals surface area contributed by atoms with Gasteiger partial charge in [-0.25, -0.2) is 4.79 Å². The minimum Gasteiger partial charge on any atom is -0.480 e. The molecule has 0 saturated carbocycles. The number of ether oxygens (including phenoxy) is 2. The summed E-state index contributed by atoms with van der Waals surface area (Å²) in [6, 6.07) is 27.9. The van der Waals surface area contributed by atoms with Crippen LogP contribution in [0.3, 0.4) is 0 Å².